The van der Waals surface area contributed by atoms with Gasteiger partial charge in [-0.05, 0) is 19.3 Å². The normalized spacial score (nSPS) is 20.1. The van der Waals surface area contributed by atoms with Crippen LogP contribution in [0.5, 0.6) is 0 Å². The molecule has 5 nitrogen and oxygen atoms in total. The summed E-state index contributed by atoms with van der Waals surface area (Å²) in [5.74, 6) is 1.49. The number of nitrogens with zero attached hydrogens (tertiary/aromatic N) is 3. The minimum absolute atomic E-state index is 0.422. The second-order valence-electron chi connectivity index (χ2n) is 4.81. The van der Waals surface area contributed by atoms with Gasteiger partial charge in [0.05, 0.1) is 5.69 Å². The maximum atomic E-state index is 5.82. The van der Waals surface area contributed by atoms with Gasteiger partial charge in [0.25, 0.3) is 0 Å². The first-order valence-electron chi connectivity index (χ1n) is 6.45. The Bertz CT molecular complexity index is 412. The molecule has 5 heteroatoms. The van der Waals surface area contributed by atoms with E-state index in [4.69, 9.17) is 5.73 Å². The molecule has 0 bridgehead atoms. The number of anilines is 2. The SMILES string of the molecule is Nc1nc2c(c(N3CCCCC3)n1)CNCC2. The number of hydrogen-bond donors (Lipinski definition) is 2. The summed E-state index contributed by atoms with van der Waals surface area (Å²) in [6.07, 6.45) is 4.80. The maximum absolute atomic E-state index is 5.82. The van der Waals surface area contributed by atoms with Gasteiger partial charge in [-0.3, -0.25) is 0 Å². The average Bonchev–Trinajstić information content (AvgIpc) is 2.39. The summed E-state index contributed by atoms with van der Waals surface area (Å²) in [5, 5.41) is 3.39. The van der Waals surface area contributed by atoms with Crippen LogP contribution in [0.25, 0.3) is 0 Å². The molecule has 3 N–H and O–H groups in total. The van der Waals surface area contributed by atoms with Gasteiger partial charge in [0.15, 0.2) is 0 Å². The van der Waals surface area contributed by atoms with E-state index in [9.17, 15) is 0 Å². The third kappa shape index (κ3) is 2.07. The second-order valence-corrected chi connectivity index (χ2v) is 4.81. The van der Waals surface area contributed by atoms with Gasteiger partial charge in [0.2, 0.25) is 5.95 Å². The van der Waals surface area contributed by atoms with E-state index in [0.29, 0.717) is 5.95 Å². The van der Waals surface area contributed by atoms with Crippen molar-refractivity contribution in [2.24, 2.45) is 0 Å². The van der Waals surface area contributed by atoms with Gasteiger partial charge in [-0.1, -0.05) is 0 Å². The molecule has 0 spiro atoms. The molecule has 0 aliphatic carbocycles. The van der Waals surface area contributed by atoms with E-state index in [1.807, 2.05) is 0 Å². The molecule has 0 unspecified atom stereocenters. The smallest absolute Gasteiger partial charge is 0.222 e. The lowest BCUT2D eigenvalue weighted by Crippen LogP contribution is -2.34. The summed E-state index contributed by atoms with van der Waals surface area (Å²) >= 11 is 0. The van der Waals surface area contributed by atoms with E-state index < -0.39 is 0 Å². The zero-order valence-corrected chi connectivity index (χ0v) is 10.1. The Hall–Kier alpha value is -1.36. The largest absolute Gasteiger partial charge is 0.368 e. The van der Waals surface area contributed by atoms with Crippen LogP contribution in [0.15, 0.2) is 0 Å². The average molecular weight is 233 g/mol. The fraction of sp³-hybridized carbons (Fsp3) is 0.667. The zero-order valence-electron chi connectivity index (χ0n) is 10.1. The van der Waals surface area contributed by atoms with E-state index in [0.717, 1.165) is 44.1 Å². The van der Waals surface area contributed by atoms with Crippen molar-refractivity contribution in [3.05, 3.63) is 11.3 Å². The van der Waals surface area contributed by atoms with Gasteiger partial charge >= 0.3 is 0 Å². The van der Waals surface area contributed by atoms with Crippen LogP contribution >= 0.6 is 0 Å². The van der Waals surface area contributed by atoms with Crippen LogP contribution in [-0.4, -0.2) is 29.6 Å². The van der Waals surface area contributed by atoms with Crippen molar-refractivity contribution < 1.29 is 0 Å². The van der Waals surface area contributed by atoms with Crippen molar-refractivity contribution in [2.75, 3.05) is 30.3 Å². The number of nitrogens with one attached hydrogen (secondary N) is 1. The summed E-state index contributed by atoms with van der Waals surface area (Å²) in [6, 6.07) is 0. The second kappa shape index (κ2) is 4.49. The van der Waals surface area contributed by atoms with Crippen molar-refractivity contribution in [1.29, 1.82) is 0 Å². The number of rotatable bonds is 1. The van der Waals surface area contributed by atoms with Crippen molar-refractivity contribution >= 4 is 11.8 Å². The Morgan fingerprint density at radius 2 is 1.94 bits per heavy atom. The van der Waals surface area contributed by atoms with Crippen LogP contribution in [0, 0.1) is 0 Å². The van der Waals surface area contributed by atoms with Crippen LogP contribution < -0.4 is 16.0 Å². The van der Waals surface area contributed by atoms with Gasteiger partial charge in [-0.15, -0.1) is 0 Å². The molecule has 0 atom stereocenters. The predicted octanol–water partition coefficient (Wildman–Crippen LogP) is 0.695. The molecule has 1 aromatic rings. The molecule has 1 aromatic heterocycles. The van der Waals surface area contributed by atoms with Crippen LogP contribution in [0.3, 0.4) is 0 Å². The maximum Gasteiger partial charge on any atom is 0.222 e. The standard InChI is InChI=1S/C12H19N5/c13-12-15-10-4-5-14-8-9(10)11(16-12)17-6-2-1-3-7-17/h14H,1-8H2,(H2,13,15,16). The third-order valence-corrected chi connectivity index (χ3v) is 3.58. The van der Waals surface area contributed by atoms with Crippen molar-refractivity contribution in [2.45, 2.75) is 32.2 Å². The first-order valence-corrected chi connectivity index (χ1v) is 6.45. The third-order valence-electron chi connectivity index (χ3n) is 3.58. The molecule has 2 aliphatic rings. The van der Waals surface area contributed by atoms with Gasteiger partial charge < -0.3 is 16.0 Å². The molecule has 1 fully saturated rings. The molecule has 1 saturated heterocycles. The minimum Gasteiger partial charge on any atom is -0.368 e. The zero-order chi connectivity index (χ0) is 11.7. The fourth-order valence-electron chi connectivity index (χ4n) is 2.71. The molecule has 2 aliphatic heterocycles. The molecule has 0 radical (unpaired) electrons. The van der Waals surface area contributed by atoms with Gasteiger partial charge in [0, 0.05) is 38.2 Å². The Balaban J connectivity index is 1.98. The highest BCUT2D eigenvalue weighted by molar-refractivity contribution is 5.53. The lowest BCUT2D eigenvalue weighted by molar-refractivity contribution is 0.562. The van der Waals surface area contributed by atoms with Crippen molar-refractivity contribution in [3.8, 4) is 0 Å². The van der Waals surface area contributed by atoms with Crippen LogP contribution in [0.4, 0.5) is 11.8 Å². The minimum atomic E-state index is 0.422. The van der Waals surface area contributed by atoms with E-state index in [1.54, 1.807) is 0 Å². The summed E-state index contributed by atoms with van der Waals surface area (Å²) < 4.78 is 0. The Kier molecular flexibility index (Phi) is 2.84. The lowest BCUT2D eigenvalue weighted by Gasteiger charge is -2.31. The molecule has 0 saturated carbocycles. The fourth-order valence-corrected chi connectivity index (χ4v) is 2.71. The molecule has 17 heavy (non-hydrogen) atoms. The topological polar surface area (TPSA) is 67.1 Å². The van der Waals surface area contributed by atoms with Crippen LogP contribution in [0.1, 0.15) is 30.5 Å². The first-order chi connectivity index (χ1) is 8.34. The van der Waals surface area contributed by atoms with Crippen LogP contribution in [0.2, 0.25) is 0 Å². The Labute approximate surface area is 101 Å². The number of hydrogen-bond acceptors (Lipinski definition) is 5. The monoisotopic (exact) mass is 233 g/mol. The number of aromatic nitrogens is 2. The van der Waals surface area contributed by atoms with Gasteiger partial charge in [-0.2, -0.15) is 4.98 Å². The summed E-state index contributed by atoms with van der Waals surface area (Å²) in [7, 11) is 0. The molecular weight excluding hydrogens is 214 g/mol. The number of nitrogen functional groups attached to an aromatic ring is 1. The van der Waals surface area contributed by atoms with E-state index >= 15 is 0 Å². The number of fused-ring (bicyclic) bond motifs is 1. The molecule has 0 aromatic carbocycles. The van der Waals surface area contributed by atoms with E-state index in [2.05, 4.69) is 20.2 Å². The summed E-state index contributed by atoms with van der Waals surface area (Å²) in [6.45, 7) is 4.07. The van der Waals surface area contributed by atoms with Gasteiger partial charge in [-0.25, -0.2) is 4.98 Å². The van der Waals surface area contributed by atoms with E-state index in [-0.39, 0.29) is 0 Å². The molecular formula is C12H19N5. The molecule has 3 rings (SSSR count). The Morgan fingerprint density at radius 3 is 2.76 bits per heavy atom. The van der Waals surface area contributed by atoms with Crippen LogP contribution in [-0.2, 0) is 13.0 Å². The van der Waals surface area contributed by atoms with E-state index in [1.165, 1.54) is 24.8 Å². The highest BCUT2D eigenvalue weighted by Crippen LogP contribution is 2.26. The molecule has 92 valence electrons. The molecule has 0 amide bonds. The van der Waals surface area contributed by atoms with Gasteiger partial charge in [0.1, 0.15) is 5.82 Å². The highest BCUT2D eigenvalue weighted by Gasteiger charge is 2.21. The predicted molar refractivity (Wildman–Crippen MR) is 67.9 cm³/mol. The summed E-state index contributed by atoms with van der Waals surface area (Å²) in [4.78, 5) is 11.2. The van der Waals surface area contributed by atoms with Crippen molar-refractivity contribution in [1.82, 2.24) is 15.3 Å². The first kappa shape index (κ1) is 10.8. The number of piperidine rings is 1. The lowest BCUT2D eigenvalue weighted by atomic mass is 10.1. The Morgan fingerprint density at radius 1 is 1.12 bits per heavy atom. The number of nitrogens with two attached hydrogens (primary N) is 1. The highest BCUT2D eigenvalue weighted by atomic mass is 15.2. The van der Waals surface area contributed by atoms with Crippen molar-refractivity contribution in [3.63, 3.8) is 0 Å². The summed E-state index contributed by atoms with van der Waals surface area (Å²) in [5.41, 5.74) is 8.21. The molecule has 3 heterocycles. The quantitative estimate of drug-likeness (QED) is 0.747.